The fraction of sp³-hybridized carbons (Fsp3) is 0.917. The average molecular weight is 242 g/mol. The number of aliphatic hydroxyl groups excluding tert-OH is 1. The lowest BCUT2D eigenvalue weighted by molar-refractivity contribution is -0.123. The molecule has 1 saturated heterocycles. The second-order valence-corrected chi connectivity index (χ2v) is 5.13. The van der Waals surface area contributed by atoms with E-state index >= 15 is 0 Å². The molecule has 5 heteroatoms. The summed E-state index contributed by atoms with van der Waals surface area (Å²) in [6.45, 7) is 1.43. The van der Waals surface area contributed by atoms with Gasteiger partial charge in [0.15, 0.2) is 0 Å². The van der Waals surface area contributed by atoms with Crippen molar-refractivity contribution in [2.24, 2.45) is 5.92 Å². The van der Waals surface area contributed by atoms with Crippen molar-refractivity contribution in [3.8, 4) is 0 Å². The molecule has 2 rings (SSSR count). The van der Waals surface area contributed by atoms with Gasteiger partial charge >= 0.3 is 0 Å². The molecule has 1 aliphatic heterocycles. The fourth-order valence-electron chi connectivity index (χ4n) is 2.68. The van der Waals surface area contributed by atoms with Crippen LogP contribution in [0.3, 0.4) is 0 Å². The first-order valence-corrected chi connectivity index (χ1v) is 6.41. The van der Waals surface area contributed by atoms with E-state index in [9.17, 15) is 9.90 Å². The van der Waals surface area contributed by atoms with Crippen molar-refractivity contribution in [2.75, 3.05) is 20.2 Å². The Morgan fingerprint density at radius 2 is 2.29 bits per heavy atom. The summed E-state index contributed by atoms with van der Waals surface area (Å²) >= 11 is 0. The van der Waals surface area contributed by atoms with E-state index < -0.39 is 0 Å². The maximum atomic E-state index is 11.9. The molecule has 0 spiro atoms. The van der Waals surface area contributed by atoms with Gasteiger partial charge in [-0.05, 0) is 31.6 Å². The molecule has 0 aromatic rings. The minimum atomic E-state index is -0.167. The number of ether oxygens (including phenoxy) is 1. The molecule has 0 aromatic carbocycles. The van der Waals surface area contributed by atoms with Crippen LogP contribution in [0.25, 0.3) is 0 Å². The molecule has 0 radical (unpaired) electrons. The molecule has 2 fully saturated rings. The van der Waals surface area contributed by atoms with Crippen molar-refractivity contribution in [1.29, 1.82) is 0 Å². The van der Waals surface area contributed by atoms with Gasteiger partial charge in [-0.25, -0.2) is 0 Å². The Labute approximate surface area is 102 Å². The van der Waals surface area contributed by atoms with Crippen molar-refractivity contribution in [3.63, 3.8) is 0 Å². The molecule has 17 heavy (non-hydrogen) atoms. The third kappa shape index (κ3) is 3.40. The third-order valence-electron chi connectivity index (χ3n) is 3.82. The number of carbonyl (C=O) groups is 1. The van der Waals surface area contributed by atoms with Gasteiger partial charge < -0.3 is 20.5 Å². The van der Waals surface area contributed by atoms with E-state index in [4.69, 9.17) is 4.74 Å². The van der Waals surface area contributed by atoms with E-state index in [1.807, 2.05) is 0 Å². The van der Waals surface area contributed by atoms with E-state index in [1.54, 1.807) is 7.11 Å². The van der Waals surface area contributed by atoms with E-state index in [0.717, 1.165) is 32.2 Å². The number of hydrogen-bond acceptors (Lipinski definition) is 4. The molecule has 98 valence electrons. The molecule has 0 aromatic heterocycles. The monoisotopic (exact) mass is 242 g/mol. The lowest BCUT2D eigenvalue weighted by Gasteiger charge is -2.14. The number of methoxy groups -OCH3 is 1. The van der Waals surface area contributed by atoms with Gasteiger partial charge in [-0.2, -0.15) is 0 Å². The van der Waals surface area contributed by atoms with E-state index in [1.165, 1.54) is 0 Å². The van der Waals surface area contributed by atoms with Gasteiger partial charge in [-0.15, -0.1) is 0 Å². The quantitative estimate of drug-likeness (QED) is 0.629. The van der Waals surface area contributed by atoms with Gasteiger partial charge in [0, 0.05) is 20.2 Å². The maximum Gasteiger partial charge on any atom is 0.237 e. The summed E-state index contributed by atoms with van der Waals surface area (Å²) < 4.78 is 5.21. The first-order valence-electron chi connectivity index (χ1n) is 6.41. The van der Waals surface area contributed by atoms with Crippen LogP contribution in [0.2, 0.25) is 0 Å². The van der Waals surface area contributed by atoms with Gasteiger partial charge in [0.2, 0.25) is 5.91 Å². The first-order chi connectivity index (χ1) is 8.19. The van der Waals surface area contributed by atoms with Crippen molar-refractivity contribution in [1.82, 2.24) is 10.6 Å². The van der Waals surface area contributed by atoms with Crippen LogP contribution < -0.4 is 10.6 Å². The molecule has 1 amide bonds. The van der Waals surface area contributed by atoms with Crippen molar-refractivity contribution >= 4 is 5.91 Å². The molecule has 4 atom stereocenters. The van der Waals surface area contributed by atoms with Crippen LogP contribution in [-0.2, 0) is 9.53 Å². The molecule has 5 nitrogen and oxygen atoms in total. The minimum Gasteiger partial charge on any atom is -0.393 e. The highest BCUT2D eigenvalue weighted by Gasteiger charge is 2.30. The van der Waals surface area contributed by atoms with E-state index in [0.29, 0.717) is 12.5 Å². The van der Waals surface area contributed by atoms with E-state index in [-0.39, 0.29) is 24.2 Å². The van der Waals surface area contributed by atoms with Crippen molar-refractivity contribution in [2.45, 2.75) is 43.9 Å². The molecule has 1 heterocycles. The standard InChI is InChI=1S/C12H22N2O3/c1-17-10-5-11(13-7-10)12(16)14-6-8-2-3-9(15)4-8/h8-11,13,15H,2-7H2,1H3,(H,14,16). The summed E-state index contributed by atoms with van der Waals surface area (Å²) in [6, 6.07) is -0.119. The summed E-state index contributed by atoms with van der Waals surface area (Å²) in [5.74, 6) is 0.500. The predicted molar refractivity (Wildman–Crippen MR) is 63.6 cm³/mol. The second kappa shape index (κ2) is 5.80. The molecular weight excluding hydrogens is 220 g/mol. The molecule has 3 N–H and O–H groups in total. The summed E-state index contributed by atoms with van der Waals surface area (Å²) in [5.41, 5.74) is 0. The van der Waals surface area contributed by atoms with Crippen LogP contribution in [0.15, 0.2) is 0 Å². The van der Waals surface area contributed by atoms with Crippen LogP contribution in [-0.4, -0.2) is 49.5 Å². The van der Waals surface area contributed by atoms with E-state index in [2.05, 4.69) is 10.6 Å². The van der Waals surface area contributed by atoms with Gasteiger partial charge in [0.1, 0.15) is 0 Å². The zero-order chi connectivity index (χ0) is 12.3. The van der Waals surface area contributed by atoms with Crippen molar-refractivity contribution < 1.29 is 14.6 Å². The number of amides is 1. The Kier molecular flexibility index (Phi) is 4.36. The minimum absolute atomic E-state index is 0.0611. The highest BCUT2D eigenvalue weighted by Crippen LogP contribution is 2.24. The second-order valence-electron chi connectivity index (χ2n) is 5.13. The van der Waals surface area contributed by atoms with Crippen LogP contribution in [0.4, 0.5) is 0 Å². The zero-order valence-corrected chi connectivity index (χ0v) is 10.3. The topological polar surface area (TPSA) is 70.6 Å². The Balaban J connectivity index is 1.67. The van der Waals surface area contributed by atoms with Gasteiger partial charge in [-0.1, -0.05) is 0 Å². The van der Waals surface area contributed by atoms with Crippen LogP contribution in [0.1, 0.15) is 25.7 Å². The van der Waals surface area contributed by atoms with Gasteiger partial charge in [-0.3, -0.25) is 4.79 Å². The highest BCUT2D eigenvalue weighted by molar-refractivity contribution is 5.82. The molecular formula is C12H22N2O3. The average Bonchev–Trinajstić information content (AvgIpc) is 2.94. The Hall–Kier alpha value is -0.650. The van der Waals surface area contributed by atoms with Crippen molar-refractivity contribution in [3.05, 3.63) is 0 Å². The van der Waals surface area contributed by atoms with Crippen LogP contribution in [0.5, 0.6) is 0 Å². The number of nitrogens with one attached hydrogen (secondary N) is 2. The van der Waals surface area contributed by atoms with Gasteiger partial charge in [0.05, 0.1) is 18.2 Å². The SMILES string of the molecule is COC1CNC(C(=O)NCC2CCC(O)C2)C1. The zero-order valence-electron chi connectivity index (χ0n) is 10.3. The Morgan fingerprint density at radius 3 is 2.88 bits per heavy atom. The number of hydrogen-bond donors (Lipinski definition) is 3. The van der Waals surface area contributed by atoms with Crippen LogP contribution >= 0.6 is 0 Å². The van der Waals surface area contributed by atoms with Gasteiger partial charge in [0.25, 0.3) is 0 Å². The fourth-order valence-corrected chi connectivity index (χ4v) is 2.68. The molecule has 4 unspecified atom stereocenters. The molecule has 0 bridgehead atoms. The molecule has 2 aliphatic rings. The van der Waals surface area contributed by atoms with Crippen LogP contribution in [0, 0.1) is 5.92 Å². The number of carbonyl (C=O) groups excluding carboxylic acids is 1. The smallest absolute Gasteiger partial charge is 0.237 e. The third-order valence-corrected chi connectivity index (χ3v) is 3.82. The summed E-state index contributed by atoms with van der Waals surface area (Å²) in [7, 11) is 1.67. The molecule has 1 saturated carbocycles. The predicted octanol–water partition coefficient (Wildman–Crippen LogP) is -0.359. The summed E-state index contributed by atoms with van der Waals surface area (Å²) in [6.07, 6.45) is 3.43. The maximum absolute atomic E-state index is 11.9. The highest BCUT2D eigenvalue weighted by atomic mass is 16.5. The Morgan fingerprint density at radius 1 is 1.47 bits per heavy atom. The number of aliphatic hydroxyl groups is 1. The largest absolute Gasteiger partial charge is 0.393 e. The number of rotatable bonds is 4. The summed E-state index contributed by atoms with van der Waals surface area (Å²) in [4.78, 5) is 11.9. The normalized spacial score (nSPS) is 37.3. The first kappa shape index (κ1) is 12.8. The lowest BCUT2D eigenvalue weighted by Crippen LogP contribution is -2.42. The molecule has 1 aliphatic carbocycles. The lowest BCUT2D eigenvalue weighted by atomic mass is 10.1. The summed E-state index contributed by atoms with van der Waals surface area (Å²) in [5, 5.41) is 15.5. The Bertz CT molecular complexity index is 272.